The second-order valence-electron chi connectivity index (χ2n) is 6.37. The molecule has 0 saturated carbocycles. The third-order valence-electron chi connectivity index (χ3n) is 4.70. The number of likely N-dealkylation sites (tertiary alicyclic amines) is 1. The van der Waals surface area contributed by atoms with Gasteiger partial charge in [0.25, 0.3) is 5.91 Å². The lowest BCUT2D eigenvalue weighted by Gasteiger charge is -2.30. The van der Waals surface area contributed by atoms with E-state index >= 15 is 0 Å². The highest BCUT2D eigenvalue weighted by Crippen LogP contribution is 2.38. The van der Waals surface area contributed by atoms with Crippen molar-refractivity contribution in [2.45, 2.75) is 12.8 Å². The first-order chi connectivity index (χ1) is 13.6. The van der Waals surface area contributed by atoms with Gasteiger partial charge in [-0.2, -0.15) is 0 Å². The Kier molecular flexibility index (Phi) is 6.36. The number of methoxy groups -OCH3 is 3. The van der Waals surface area contributed by atoms with Crippen LogP contribution >= 0.6 is 12.2 Å². The van der Waals surface area contributed by atoms with Crippen LogP contribution in [0.3, 0.4) is 0 Å². The van der Waals surface area contributed by atoms with Crippen molar-refractivity contribution in [1.29, 1.82) is 0 Å². The summed E-state index contributed by atoms with van der Waals surface area (Å²) in [7, 11) is 4.57. The van der Waals surface area contributed by atoms with Crippen LogP contribution in [-0.2, 0) is 0 Å². The first-order valence-electron chi connectivity index (χ1n) is 9.09. The first-order valence-corrected chi connectivity index (χ1v) is 9.50. The Labute approximate surface area is 170 Å². The Hall–Kier alpha value is -2.80. The summed E-state index contributed by atoms with van der Waals surface area (Å²) in [5.41, 5.74) is 1.12. The van der Waals surface area contributed by atoms with Gasteiger partial charge in [-0.05, 0) is 49.3 Å². The van der Waals surface area contributed by atoms with Crippen molar-refractivity contribution in [1.82, 2.24) is 4.90 Å². The highest BCUT2D eigenvalue weighted by molar-refractivity contribution is 7.80. The molecule has 2 aromatic carbocycles. The number of hydrogen-bond acceptors (Lipinski definition) is 5. The zero-order chi connectivity index (χ0) is 20.1. The average molecular weight is 401 g/mol. The minimum Gasteiger partial charge on any atom is -0.493 e. The highest BCUT2D eigenvalue weighted by atomic mass is 32.1. The van der Waals surface area contributed by atoms with E-state index in [0.29, 0.717) is 27.9 Å². The van der Waals surface area contributed by atoms with Crippen LogP contribution in [0.2, 0.25) is 0 Å². The predicted molar refractivity (Wildman–Crippen MR) is 113 cm³/mol. The van der Waals surface area contributed by atoms with Crippen LogP contribution in [0.4, 0.5) is 5.69 Å². The van der Waals surface area contributed by atoms with E-state index in [1.165, 1.54) is 21.3 Å². The van der Waals surface area contributed by atoms with Gasteiger partial charge >= 0.3 is 0 Å². The molecule has 28 heavy (non-hydrogen) atoms. The molecular weight excluding hydrogens is 376 g/mol. The number of carbonyl (C=O) groups is 1. The molecule has 7 heteroatoms. The standard InChI is InChI=1S/C21H24N2O4S/c1-25-17-13-15(14-18(26-2)19(17)27-3)20(24)23(16-9-5-4-6-10-16)21(28)22-11-7-8-12-22/h4-6,9-10,13-14H,7-8,11-12H2,1-3H3. The smallest absolute Gasteiger partial charge is 0.264 e. The molecule has 0 spiro atoms. The summed E-state index contributed by atoms with van der Waals surface area (Å²) in [5, 5.41) is 0.502. The number of rotatable bonds is 5. The molecule has 1 aliphatic heterocycles. The maximum Gasteiger partial charge on any atom is 0.264 e. The van der Waals surface area contributed by atoms with Gasteiger partial charge in [-0.3, -0.25) is 9.69 Å². The molecule has 3 rings (SSSR count). The van der Waals surface area contributed by atoms with E-state index in [1.54, 1.807) is 17.0 Å². The van der Waals surface area contributed by atoms with E-state index in [9.17, 15) is 4.79 Å². The Balaban J connectivity index is 2.05. The molecule has 1 aliphatic rings. The fourth-order valence-corrected chi connectivity index (χ4v) is 3.65. The van der Waals surface area contributed by atoms with E-state index < -0.39 is 0 Å². The minimum atomic E-state index is -0.248. The van der Waals surface area contributed by atoms with Gasteiger partial charge in [0.05, 0.1) is 27.0 Å². The second-order valence-corrected chi connectivity index (χ2v) is 6.73. The summed E-state index contributed by atoms with van der Waals surface area (Å²) in [6.45, 7) is 1.70. The van der Waals surface area contributed by atoms with Crippen LogP contribution in [0, 0.1) is 0 Å². The van der Waals surface area contributed by atoms with Crippen molar-refractivity contribution in [3.63, 3.8) is 0 Å². The number of carbonyl (C=O) groups excluding carboxylic acids is 1. The van der Waals surface area contributed by atoms with Gasteiger partial charge in [0.1, 0.15) is 0 Å². The number of para-hydroxylation sites is 1. The summed E-state index contributed by atoms with van der Waals surface area (Å²) >= 11 is 5.71. The summed E-state index contributed by atoms with van der Waals surface area (Å²) in [6.07, 6.45) is 2.14. The number of ether oxygens (including phenoxy) is 3. The molecule has 2 aromatic rings. The molecule has 1 fully saturated rings. The molecule has 0 atom stereocenters. The van der Waals surface area contributed by atoms with Crippen molar-refractivity contribution in [2.24, 2.45) is 0 Å². The SMILES string of the molecule is COc1cc(C(=O)N(C(=S)N2CCCC2)c2ccccc2)cc(OC)c1OC. The lowest BCUT2D eigenvalue weighted by atomic mass is 10.1. The molecule has 6 nitrogen and oxygen atoms in total. The van der Waals surface area contributed by atoms with Crippen LogP contribution in [0.25, 0.3) is 0 Å². The number of benzene rings is 2. The minimum absolute atomic E-state index is 0.248. The molecular formula is C21H24N2O4S. The van der Waals surface area contributed by atoms with Gasteiger partial charge in [-0.25, -0.2) is 0 Å². The van der Waals surface area contributed by atoms with Crippen molar-refractivity contribution < 1.29 is 19.0 Å². The Bertz CT molecular complexity index is 826. The lowest BCUT2D eigenvalue weighted by molar-refractivity contribution is 0.0999. The predicted octanol–water partition coefficient (Wildman–Crippen LogP) is 3.74. The summed E-state index contributed by atoms with van der Waals surface area (Å²) in [6, 6.07) is 12.7. The Morgan fingerprint density at radius 2 is 1.54 bits per heavy atom. The average Bonchev–Trinajstić information content (AvgIpc) is 3.28. The van der Waals surface area contributed by atoms with E-state index in [2.05, 4.69) is 4.90 Å². The zero-order valence-corrected chi connectivity index (χ0v) is 17.1. The van der Waals surface area contributed by atoms with Gasteiger partial charge < -0.3 is 19.1 Å². The largest absolute Gasteiger partial charge is 0.493 e. The molecule has 1 saturated heterocycles. The first kappa shape index (κ1) is 19.9. The molecule has 0 radical (unpaired) electrons. The quantitative estimate of drug-likeness (QED) is 0.713. The van der Waals surface area contributed by atoms with E-state index in [-0.39, 0.29) is 5.91 Å². The van der Waals surface area contributed by atoms with E-state index in [4.69, 9.17) is 26.4 Å². The molecule has 1 amide bonds. The fourth-order valence-electron chi connectivity index (χ4n) is 3.28. The molecule has 0 bridgehead atoms. The van der Waals surface area contributed by atoms with Crippen LogP contribution in [0.5, 0.6) is 17.2 Å². The number of thiocarbonyl (C=S) groups is 1. The van der Waals surface area contributed by atoms with Gasteiger partial charge in [0.15, 0.2) is 16.6 Å². The second kappa shape index (κ2) is 8.93. The molecule has 1 heterocycles. The van der Waals surface area contributed by atoms with Gasteiger partial charge in [0.2, 0.25) is 5.75 Å². The molecule has 0 aromatic heterocycles. The Morgan fingerprint density at radius 1 is 0.964 bits per heavy atom. The van der Waals surface area contributed by atoms with Gasteiger partial charge in [0, 0.05) is 18.7 Å². The van der Waals surface area contributed by atoms with Crippen LogP contribution in [-0.4, -0.2) is 50.3 Å². The summed E-state index contributed by atoms with van der Waals surface area (Å²) < 4.78 is 16.2. The van der Waals surface area contributed by atoms with Gasteiger partial charge in [-0.15, -0.1) is 0 Å². The lowest BCUT2D eigenvalue weighted by Crippen LogP contribution is -2.45. The van der Waals surface area contributed by atoms with Crippen molar-refractivity contribution in [2.75, 3.05) is 39.3 Å². The van der Waals surface area contributed by atoms with Crippen molar-refractivity contribution >= 4 is 28.9 Å². The molecule has 148 valence electrons. The van der Waals surface area contributed by atoms with Crippen LogP contribution in [0.1, 0.15) is 23.2 Å². The van der Waals surface area contributed by atoms with Crippen LogP contribution < -0.4 is 19.1 Å². The highest BCUT2D eigenvalue weighted by Gasteiger charge is 2.29. The van der Waals surface area contributed by atoms with Crippen molar-refractivity contribution in [3.8, 4) is 17.2 Å². The van der Waals surface area contributed by atoms with Crippen molar-refractivity contribution in [3.05, 3.63) is 48.0 Å². The summed E-state index contributed by atoms with van der Waals surface area (Å²) in [4.78, 5) is 17.2. The maximum atomic E-state index is 13.5. The van der Waals surface area contributed by atoms with E-state index in [0.717, 1.165) is 31.6 Å². The fraction of sp³-hybridized carbons (Fsp3) is 0.333. The number of nitrogens with zero attached hydrogens (tertiary/aromatic N) is 2. The number of hydrogen-bond donors (Lipinski definition) is 0. The molecule has 0 aliphatic carbocycles. The Morgan fingerprint density at radius 3 is 2.04 bits per heavy atom. The normalized spacial score (nSPS) is 13.2. The van der Waals surface area contributed by atoms with Crippen LogP contribution in [0.15, 0.2) is 42.5 Å². The number of anilines is 1. The monoisotopic (exact) mass is 400 g/mol. The zero-order valence-electron chi connectivity index (χ0n) is 16.3. The molecule has 0 N–H and O–H groups in total. The topological polar surface area (TPSA) is 51.2 Å². The van der Waals surface area contributed by atoms with E-state index in [1.807, 2.05) is 30.3 Å². The summed E-state index contributed by atoms with van der Waals surface area (Å²) in [5.74, 6) is 1.04. The third-order valence-corrected chi connectivity index (χ3v) is 5.14. The molecule has 0 unspecified atom stereocenters. The maximum absolute atomic E-state index is 13.5. The third kappa shape index (κ3) is 3.89. The van der Waals surface area contributed by atoms with Gasteiger partial charge in [-0.1, -0.05) is 18.2 Å². The number of amides is 1.